The number of pyridine rings is 1. The minimum atomic E-state index is 0.0703. The van der Waals surface area contributed by atoms with Crippen LogP contribution in [0, 0.1) is 0 Å². The van der Waals surface area contributed by atoms with Crippen LogP contribution < -0.4 is 10.6 Å². The number of fused-ring (bicyclic) bond motifs is 2. The number of halogens is 1. The van der Waals surface area contributed by atoms with Crippen molar-refractivity contribution in [3.63, 3.8) is 0 Å². The summed E-state index contributed by atoms with van der Waals surface area (Å²) in [6.07, 6.45) is 4.49. The van der Waals surface area contributed by atoms with Crippen LogP contribution in [0.3, 0.4) is 0 Å². The first-order valence-electron chi connectivity index (χ1n) is 9.40. The van der Waals surface area contributed by atoms with Gasteiger partial charge in [-0.25, -0.2) is 4.98 Å². The monoisotopic (exact) mass is 403 g/mol. The third-order valence-electron chi connectivity index (χ3n) is 5.35. The third kappa shape index (κ3) is 3.13. The van der Waals surface area contributed by atoms with Gasteiger partial charge in [-0.15, -0.1) is 0 Å². The molecule has 2 N–H and O–H groups in total. The molecule has 6 heteroatoms. The quantitative estimate of drug-likeness (QED) is 0.530. The molecular formula is C23H18ClN3O2. The van der Waals surface area contributed by atoms with E-state index in [1.54, 1.807) is 18.5 Å². The maximum absolute atomic E-state index is 12.9. The normalized spacial score (nSPS) is 13.1. The zero-order valence-corrected chi connectivity index (χ0v) is 16.3. The molecule has 4 aromatic rings. The molecule has 0 atom stereocenters. The molecule has 0 aliphatic carbocycles. The van der Waals surface area contributed by atoms with Gasteiger partial charge in [-0.2, -0.15) is 0 Å². The number of carbonyl (C=O) groups is 1. The fourth-order valence-corrected chi connectivity index (χ4v) is 4.18. The van der Waals surface area contributed by atoms with Gasteiger partial charge in [-0.1, -0.05) is 29.8 Å². The Morgan fingerprint density at radius 2 is 2.10 bits per heavy atom. The summed E-state index contributed by atoms with van der Waals surface area (Å²) < 4.78 is 5.64. The number of carbonyl (C=O) groups excluding carboxylic acids is 1. The van der Waals surface area contributed by atoms with E-state index in [1.165, 1.54) is 0 Å². The second-order valence-corrected chi connectivity index (χ2v) is 7.60. The average Bonchev–Trinajstić information content (AvgIpc) is 3.32. The number of nitrogens with two attached hydrogens (primary N) is 1. The zero-order chi connectivity index (χ0) is 20.0. The Balaban J connectivity index is 1.45. The minimum Gasteiger partial charge on any atom is -0.463 e. The molecule has 0 saturated carbocycles. The molecule has 1 aliphatic heterocycles. The number of nitrogen functional groups attached to an aromatic ring is 1. The van der Waals surface area contributed by atoms with Crippen LogP contribution in [0.5, 0.6) is 0 Å². The highest BCUT2D eigenvalue weighted by Gasteiger charge is 2.25. The number of hydrogen-bond acceptors (Lipinski definition) is 4. The molecule has 0 bridgehead atoms. The van der Waals surface area contributed by atoms with E-state index in [0.29, 0.717) is 29.4 Å². The Bertz CT molecular complexity index is 1250. The van der Waals surface area contributed by atoms with E-state index in [4.69, 9.17) is 21.8 Å². The lowest BCUT2D eigenvalue weighted by molar-refractivity contribution is -0.117. The molecule has 0 unspecified atom stereocenters. The molecule has 0 saturated heterocycles. The molecule has 29 heavy (non-hydrogen) atoms. The van der Waals surface area contributed by atoms with Crippen LogP contribution in [0.15, 0.2) is 65.4 Å². The van der Waals surface area contributed by atoms with Gasteiger partial charge in [0.2, 0.25) is 5.91 Å². The van der Waals surface area contributed by atoms with Crippen LogP contribution >= 0.6 is 11.6 Å². The number of amides is 1. The summed E-state index contributed by atoms with van der Waals surface area (Å²) in [4.78, 5) is 18.9. The molecule has 1 amide bonds. The fraction of sp³-hybridized carbons (Fsp3) is 0.130. The van der Waals surface area contributed by atoms with Gasteiger partial charge in [0.1, 0.15) is 11.4 Å². The van der Waals surface area contributed by atoms with E-state index >= 15 is 0 Å². The van der Waals surface area contributed by atoms with Gasteiger partial charge in [0, 0.05) is 29.0 Å². The van der Waals surface area contributed by atoms with Gasteiger partial charge < -0.3 is 15.1 Å². The third-order valence-corrected chi connectivity index (χ3v) is 5.58. The zero-order valence-electron chi connectivity index (χ0n) is 15.6. The Morgan fingerprint density at radius 3 is 2.97 bits per heavy atom. The van der Waals surface area contributed by atoms with Crippen LogP contribution in [0.1, 0.15) is 11.1 Å². The number of furan rings is 1. The van der Waals surface area contributed by atoms with Gasteiger partial charge in [-0.05, 0) is 53.4 Å². The molecule has 5 nitrogen and oxygen atoms in total. The molecule has 2 aromatic heterocycles. The predicted molar refractivity (Wildman–Crippen MR) is 115 cm³/mol. The smallest absolute Gasteiger partial charge is 0.231 e. The van der Waals surface area contributed by atoms with Crippen molar-refractivity contribution in [3.05, 3.63) is 77.1 Å². The van der Waals surface area contributed by atoms with Crippen molar-refractivity contribution in [2.75, 3.05) is 17.2 Å². The molecule has 2 aromatic carbocycles. The van der Waals surface area contributed by atoms with Crippen molar-refractivity contribution >= 4 is 40.0 Å². The van der Waals surface area contributed by atoms with E-state index < -0.39 is 0 Å². The first-order chi connectivity index (χ1) is 14.1. The topological polar surface area (TPSA) is 72.4 Å². The number of anilines is 2. The fourth-order valence-electron chi connectivity index (χ4n) is 3.97. The van der Waals surface area contributed by atoms with Crippen molar-refractivity contribution in [2.45, 2.75) is 12.8 Å². The highest BCUT2D eigenvalue weighted by Crippen LogP contribution is 2.37. The Labute approximate surface area is 172 Å². The lowest BCUT2D eigenvalue weighted by Gasteiger charge is -2.18. The summed E-state index contributed by atoms with van der Waals surface area (Å²) in [5, 5.41) is 1.46. The number of nitrogens with zero attached hydrogens (tertiary/aromatic N) is 2. The molecule has 1 aliphatic rings. The molecule has 0 spiro atoms. The summed E-state index contributed by atoms with van der Waals surface area (Å²) in [6.45, 7) is 0.675. The second-order valence-electron chi connectivity index (χ2n) is 7.16. The second kappa shape index (κ2) is 6.94. The summed E-state index contributed by atoms with van der Waals surface area (Å²) in [6, 6.07) is 15.3. The molecular weight excluding hydrogens is 386 g/mol. The van der Waals surface area contributed by atoms with Crippen LogP contribution in [-0.2, 0) is 17.6 Å². The first-order valence-corrected chi connectivity index (χ1v) is 9.78. The van der Waals surface area contributed by atoms with Crippen LogP contribution in [0.4, 0.5) is 11.5 Å². The van der Waals surface area contributed by atoms with Gasteiger partial charge in [-0.3, -0.25) is 4.79 Å². The Kier molecular flexibility index (Phi) is 4.25. The number of rotatable bonds is 3. The number of aromatic nitrogens is 1. The molecule has 0 radical (unpaired) electrons. The molecule has 0 fully saturated rings. The highest BCUT2D eigenvalue weighted by molar-refractivity contribution is 6.30. The van der Waals surface area contributed by atoms with E-state index in [9.17, 15) is 4.79 Å². The van der Waals surface area contributed by atoms with E-state index in [-0.39, 0.29) is 5.91 Å². The predicted octanol–water partition coefficient (Wildman–Crippen LogP) is 4.86. The summed E-state index contributed by atoms with van der Waals surface area (Å²) in [7, 11) is 0. The van der Waals surface area contributed by atoms with Crippen molar-refractivity contribution in [1.29, 1.82) is 0 Å². The maximum atomic E-state index is 12.9. The van der Waals surface area contributed by atoms with Crippen LogP contribution in [0.2, 0.25) is 5.02 Å². The molecule has 3 heterocycles. The lowest BCUT2D eigenvalue weighted by Crippen LogP contribution is -2.30. The summed E-state index contributed by atoms with van der Waals surface area (Å²) >= 11 is 6.04. The van der Waals surface area contributed by atoms with Crippen LogP contribution in [-0.4, -0.2) is 17.4 Å². The standard InChI is InChI=1S/C23H18ClN3O2/c24-17-3-1-2-14(10-17)11-21(28)27-9-7-16-12-15(4-5-19(16)27)18-13-29-20-6-8-26-23(25)22(18)20/h1-6,8,10,12-13H,7,9,11H2,(H2,25,26). The van der Waals surface area contributed by atoms with Gasteiger partial charge in [0.25, 0.3) is 0 Å². The van der Waals surface area contributed by atoms with Crippen molar-refractivity contribution in [2.24, 2.45) is 0 Å². The first kappa shape index (κ1) is 17.8. The van der Waals surface area contributed by atoms with Crippen molar-refractivity contribution < 1.29 is 9.21 Å². The average molecular weight is 404 g/mol. The van der Waals surface area contributed by atoms with E-state index in [1.807, 2.05) is 41.3 Å². The molecule has 144 valence electrons. The highest BCUT2D eigenvalue weighted by atomic mass is 35.5. The maximum Gasteiger partial charge on any atom is 0.231 e. The number of hydrogen-bond donors (Lipinski definition) is 1. The van der Waals surface area contributed by atoms with Gasteiger partial charge in [0.05, 0.1) is 18.1 Å². The minimum absolute atomic E-state index is 0.0703. The van der Waals surface area contributed by atoms with Gasteiger partial charge >= 0.3 is 0 Å². The summed E-state index contributed by atoms with van der Waals surface area (Å²) in [5.74, 6) is 0.519. The lowest BCUT2D eigenvalue weighted by atomic mass is 10.0. The van der Waals surface area contributed by atoms with Crippen LogP contribution in [0.25, 0.3) is 22.1 Å². The Hall–Kier alpha value is -3.31. The van der Waals surface area contributed by atoms with Crippen molar-refractivity contribution in [3.8, 4) is 11.1 Å². The largest absolute Gasteiger partial charge is 0.463 e. The summed E-state index contributed by atoms with van der Waals surface area (Å²) in [5.41, 5.74) is 11.7. The molecule has 5 rings (SSSR count). The van der Waals surface area contributed by atoms with Crippen molar-refractivity contribution in [1.82, 2.24) is 4.98 Å². The SMILES string of the molecule is Nc1nccc2occ(-c3ccc4c(c3)CCN4C(=O)Cc3cccc(Cl)c3)c12. The van der Waals surface area contributed by atoms with E-state index in [0.717, 1.165) is 39.7 Å². The number of benzene rings is 2. The Morgan fingerprint density at radius 1 is 1.21 bits per heavy atom. The van der Waals surface area contributed by atoms with E-state index in [2.05, 4.69) is 11.1 Å². The van der Waals surface area contributed by atoms with Gasteiger partial charge in [0.15, 0.2) is 0 Å².